The summed E-state index contributed by atoms with van der Waals surface area (Å²) < 4.78 is 36.4. The number of rotatable bonds is 1. The van der Waals surface area contributed by atoms with Crippen molar-refractivity contribution in [2.75, 3.05) is 0 Å². The van der Waals surface area contributed by atoms with Gasteiger partial charge in [0.05, 0.1) is 11.7 Å². The molecule has 71 valence electrons. The Morgan fingerprint density at radius 2 is 1.92 bits per heavy atom. The molecular formula is C9H8F3O. The normalized spacial score (nSPS) is 14.2. The Labute approximate surface area is 73.8 Å². The van der Waals surface area contributed by atoms with Gasteiger partial charge in [0.2, 0.25) is 0 Å². The number of hydrogen-bond donors (Lipinski definition) is 1. The van der Waals surface area contributed by atoms with Gasteiger partial charge in [-0.15, -0.1) is 0 Å². The lowest BCUT2D eigenvalue weighted by Gasteiger charge is -2.09. The third-order valence-electron chi connectivity index (χ3n) is 1.60. The Morgan fingerprint density at radius 1 is 1.31 bits per heavy atom. The Bertz CT molecular complexity index is 291. The minimum atomic E-state index is -4.37. The molecule has 4 heteroatoms. The topological polar surface area (TPSA) is 20.2 Å². The van der Waals surface area contributed by atoms with Gasteiger partial charge < -0.3 is 5.11 Å². The zero-order valence-electron chi connectivity index (χ0n) is 6.67. The predicted octanol–water partition coefficient (Wildman–Crippen LogP) is 2.57. The van der Waals surface area contributed by atoms with Crippen LogP contribution in [-0.4, -0.2) is 5.11 Å². The molecule has 0 bridgehead atoms. The van der Waals surface area contributed by atoms with Gasteiger partial charge >= 0.3 is 6.18 Å². The van der Waals surface area contributed by atoms with Crippen molar-refractivity contribution < 1.29 is 18.3 Å². The molecule has 1 unspecified atom stereocenters. The van der Waals surface area contributed by atoms with E-state index in [4.69, 9.17) is 5.11 Å². The zero-order valence-corrected chi connectivity index (χ0v) is 6.67. The molecule has 0 aromatic heterocycles. The molecule has 0 fully saturated rings. The van der Waals surface area contributed by atoms with Gasteiger partial charge in [-0.3, -0.25) is 0 Å². The van der Waals surface area contributed by atoms with Crippen LogP contribution in [0.3, 0.4) is 0 Å². The van der Waals surface area contributed by atoms with E-state index in [1.165, 1.54) is 12.1 Å². The SMILES string of the molecule is [CH2]C(O)c1cccc(C(F)(F)F)c1. The van der Waals surface area contributed by atoms with Gasteiger partial charge in [0.15, 0.2) is 0 Å². The van der Waals surface area contributed by atoms with Gasteiger partial charge in [0.1, 0.15) is 0 Å². The van der Waals surface area contributed by atoms with E-state index in [-0.39, 0.29) is 5.56 Å². The number of alkyl halides is 3. The number of aliphatic hydroxyl groups is 1. The van der Waals surface area contributed by atoms with Crippen LogP contribution in [0.25, 0.3) is 0 Å². The van der Waals surface area contributed by atoms with Gasteiger partial charge in [-0.25, -0.2) is 0 Å². The molecule has 1 N–H and O–H groups in total. The van der Waals surface area contributed by atoms with Crippen LogP contribution >= 0.6 is 0 Å². The monoisotopic (exact) mass is 189 g/mol. The molecule has 0 saturated carbocycles. The third kappa shape index (κ3) is 2.45. The van der Waals surface area contributed by atoms with Crippen LogP contribution in [0.5, 0.6) is 0 Å². The number of halogens is 3. The van der Waals surface area contributed by atoms with E-state index in [0.717, 1.165) is 12.1 Å². The van der Waals surface area contributed by atoms with Crippen molar-refractivity contribution in [2.24, 2.45) is 0 Å². The number of hydrogen-bond acceptors (Lipinski definition) is 1. The lowest BCUT2D eigenvalue weighted by molar-refractivity contribution is -0.137. The fraction of sp³-hybridized carbons (Fsp3) is 0.222. The quantitative estimate of drug-likeness (QED) is 0.719. The van der Waals surface area contributed by atoms with Gasteiger partial charge in [0, 0.05) is 0 Å². The maximum absolute atomic E-state index is 12.1. The van der Waals surface area contributed by atoms with Crippen LogP contribution in [0.2, 0.25) is 0 Å². The van der Waals surface area contributed by atoms with E-state index in [0.29, 0.717) is 0 Å². The first-order chi connectivity index (χ1) is 5.91. The molecule has 1 nitrogen and oxygen atoms in total. The first kappa shape index (κ1) is 10.1. The molecule has 0 saturated heterocycles. The summed E-state index contributed by atoms with van der Waals surface area (Å²) >= 11 is 0. The largest absolute Gasteiger partial charge is 0.416 e. The van der Waals surface area contributed by atoms with Crippen LogP contribution < -0.4 is 0 Å². The molecule has 0 amide bonds. The van der Waals surface area contributed by atoms with Crippen molar-refractivity contribution in [3.05, 3.63) is 42.3 Å². The minimum Gasteiger partial charge on any atom is -0.388 e. The van der Waals surface area contributed by atoms with E-state index < -0.39 is 17.8 Å². The fourth-order valence-electron chi connectivity index (χ4n) is 0.922. The molecular weight excluding hydrogens is 181 g/mol. The summed E-state index contributed by atoms with van der Waals surface area (Å²) in [7, 11) is 0. The maximum Gasteiger partial charge on any atom is 0.416 e. The Balaban J connectivity index is 3.06. The van der Waals surface area contributed by atoms with E-state index in [2.05, 4.69) is 6.92 Å². The minimum absolute atomic E-state index is 0.162. The molecule has 0 aliphatic carbocycles. The zero-order chi connectivity index (χ0) is 10.1. The average molecular weight is 189 g/mol. The van der Waals surface area contributed by atoms with E-state index in [9.17, 15) is 13.2 Å². The highest BCUT2D eigenvalue weighted by atomic mass is 19.4. The van der Waals surface area contributed by atoms with E-state index in [1.807, 2.05) is 0 Å². The van der Waals surface area contributed by atoms with Crippen molar-refractivity contribution in [1.82, 2.24) is 0 Å². The highest BCUT2D eigenvalue weighted by Gasteiger charge is 2.30. The van der Waals surface area contributed by atoms with Gasteiger partial charge in [0.25, 0.3) is 0 Å². The fourth-order valence-corrected chi connectivity index (χ4v) is 0.922. The van der Waals surface area contributed by atoms with Crippen molar-refractivity contribution in [3.63, 3.8) is 0 Å². The second-order valence-electron chi connectivity index (χ2n) is 2.64. The van der Waals surface area contributed by atoms with E-state index >= 15 is 0 Å². The van der Waals surface area contributed by atoms with Crippen molar-refractivity contribution in [2.45, 2.75) is 12.3 Å². The van der Waals surface area contributed by atoms with Crippen molar-refractivity contribution in [1.29, 1.82) is 0 Å². The smallest absolute Gasteiger partial charge is 0.388 e. The average Bonchev–Trinajstić information content (AvgIpc) is 2.03. The lowest BCUT2D eigenvalue weighted by atomic mass is 10.1. The highest BCUT2D eigenvalue weighted by molar-refractivity contribution is 5.27. The molecule has 1 aromatic rings. The highest BCUT2D eigenvalue weighted by Crippen LogP contribution is 2.30. The predicted molar refractivity (Wildman–Crippen MR) is 41.8 cm³/mol. The maximum atomic E-state index is 12.1. The van der Waals surface area contributed by atoms with Gasteiger partial charge in [-0.05, 0) is 24.6 Å². The van der Waals surface area contributed by atoms with Gasteiger partial charge in [-0.2, -0.15) is 13.2 Å². The molecule has 0 spiro atoms. The molecule has 13 heavy (non-hydrogen) atoms. The van der Waals surface area contributed by atoms with Crippen LogP contribution in [0.1, 0.15) is 17.2 Å². The van der Waals surface area contributed by atoms with Crippen molar-refractivity contribution in [3.8, 4) is 0 Å². The summed E-state index contributed by atoms with van der Waals surface area (Å²) in [6.07, 6.45) is -5.49. The summed E-state index contributed by atoms with van der Waals surface area (Å²) in [6.45, 7) is 3.22. The van der Waals surface area contributed by atoms with E-state index in [1.54, 1.807) is 0 Å². The summed E-state index contributed by atoms with van der Waals surface area (Å²) in [6, 6.07) is 4.48. The Kier molecular flexibility index (Phi) is 2.61. The third-order valence-corrected chi connectivity index (χ3v) is 1.60. The summed E-state index contributed by atoms with van der Waals surface area (Å²) in [5, 5.41) is 8.94. The molecule has 0 aliphatic heterocycles. The Hall–Kier alpha value is -1.03. The second kappa shape index (κ2) is 3.38. The van der Waals surface area contributed by atoms with Crippen LogP contribution in [0, 0.1) is 6.92 Å². The van der Waals surface area contributed by atoms with Crippen molar-refractivity contribution >= 4 is 0 Å². The van der Waals surface area contributed by atoms with Crippen LogP contribution in [0.15, 0.2) is 24.3 Å². The summed E-state index contributed by atoms with van der Waals surface area (Å²) in [5.74, 6) is 0. The molecule has 1 rings (SSSR count). The second-order valence-corrected chi connectivity index (χ2v) is 2.64. The standard InChI is InChI=1S/C9H8F3O/c1-6(13)7-3-2-4-8(5-7)9(10,11)12/h2-6,13H,1H2. The molecule has 1 radical (unpaired) electrons. The van der Waals surface area contributed by atoms with Crippen LogP contribution in [-0.2, 0) is 6.18 Å². The summed E-state index contributed by atoms with van der Waals surface area (Å²) in [5.41, 5.74) is -0.609. The number of aliphatic hydroxyl groups excluding tert-OH is 1. The molecule has 0 heterocycles. The lowest BCUT2D eigenvalue weighted by Crippen LogP contribution is -2.05. The molecule has 1 aromatic carbocycles. The summed E-state index contributed by atoms with van der Waals surface area (Å²) in [4.78, 5) is 0. The van der Waals surface area contributed by atoms with Crippen LogP contribution in [0.4, 0.5) is 13.2 Å². The number of benzene rings is 1. The first-order valence-corrected chi connectivity index (χ1v) is 3.59. The molecule has 1 atom stereocenters. The van der Waals surface area contributed by atoms with Gasteiger partial charge in [-0.1, -0.05) is 12.1 Å². The first-order valence-electron chi connectivity index (χ1n) is 3.59. The Morgan fingerprint density at radius 3 is 2.38 bits per heavy atom. The molecule has 0 aliphatic rings.